The van der Waals surface area contributed by atoms with Crippen molar-refractivity contribution in [3.8, 4) is 0 Å². The van der Waals surface area contributed by atoms with Crippen LogP contribution in [0.5, 0.6) is 0 Å². The van der Waals surface area contributed by atoms with E-state index in [0.717, 1.165) is 22.4 Å². The Morgan fingerprint density at radius 2 is 1.90 bits per heavy atom. The Kier molecular flexibility index (Phi) is 6.21. The minimum atomic E-state index is -0.404. The molecule has 0 aromatic heterocycles. The van der Waals surface area contributed by atoms with Crippen LogP contribution >= 0.6 is 23.2 Å². The number of carbonyl (C=O) groups is 3. The van der Waals surface area contributed by atoms with Gasteiger partial charge in [-0.3, -0.25) is 19.7 Å². The number of amides is 3. The van der Waals surface area contributed by atoms with E-state index < -0.39 is 5.92 Å². The van der Waals surface area contributed by atoms with Crippen molar-refractivity contribution in [2.45, 2.75) is 38.1 Å². The van der Waals surface area contributed by atoms with Gasteiger partial charge in [0.2, 0.25) is 17.7 Å². The second-order valence-corrected chi connectivity index (χ2v) is 8.95. The van der Waals surface area contributed by atoms with Gasteiger partial charge in [-0.05, 0) is 48.2 Å². The van der Waals surface area contributed by atoms with Crippen LogP contribution in [0.4, 0.5) is 5.69 Å². The van der Waals surface area contributed by atoms with Crippen molar-refractivity contribution in [2.24, 2.45) is 0 Å². The molecule has 2 aromatic carbocycles. The largest absolute Gasteiger partial charge is 0.367 e. The third-order valence-electron chi connectivity index (χ3n) is 5.80. The molecular formula is C23H23Cl2N3O3. The van der Waals surface area contributed by atoms with Gasteiger partial charge in [0.15, 0.2) is 0 Å². The molecule has 2 aliphatic rings. The molecule has 0 spiro atoms. The first-order valence-electron chi connectivity index (χ1n) is 10.2. The highest BCUT2D eigenvalue weighted by Crippen LogP contribution is 2.34. The maximum absolute atomic E-state index is 12.3. The number of hydrogen-bond donors (Lipinski definition) is 2. The van der Waals surface area contributed by atoms with Crippen LogP contribution in [0.2, 0.25) is 10.0 Å². The zero-order valence-electron chi connectivity index (χ0n) is 17.1. The number of hydrogen-bond acceptors (Lipinski definition) is 4. The molecule has 1 unspecified atom stereocenters. The molecule has 6 nitrogen and oxygen atoms in total. The number of aryl methyl sites for hydroxylation is 1. The zero-order valence-corrected chi connectivity index (χ0v) is 18.6. The normalized spacial score (nSPS) is 19.1. The molecule has 31 heavy (non-hydrogen) atoms. The van der Waals surface area contributed by atoms with Crippen molar-refractivity contribution in [1.29, 1.82) is 0 Å². The molecule has 0 bridgehead atoms. The fraction of sp³-hybridized carbons (Fsp3) is 0.348. The summed E-state index contributed by atoms with van der Waals surface area (Å²) < 4.78 is 0. The predicted molar refractivity (Wildman–Crippen MR) is 121 cm³/mol. The first kappa shape index (κ1) is 21.7. The summed E-state index contributed by atoms with van der Waals surface area (Å²) in [7, 11) is 0. The number of rotatable bonds is 5. The zero-order chi connectivity index (χ0) is 22.1. The summed E-state index contributed by atoms with van der Waals surface area (Å²) in [6.45, 7) is 3.31. The molecule has 162 valence electrons. The molecule has 2 aliphatic heterocycles. The Balaban J connectivity index is 1.31. The van der Waals surface area contributed by atoms with Crippen molar-refractivity contribution in [3.63, 3.8) is 0 Å². The van der Waals surface area contributed by atoms with Crippen molar-refractivity contribution in [1.82, 2.24) is 10.6 Å². The molecule has 2 N–H and O–H groups in total. The van der Waals surface area contributed by atoms with Crippen molar-refractivity contribution < 1.29 is 14.4 Å². The molecule has 2 heterocycles. The van der Waals surface area contributed by atoms with Crippen LogP contribution in [-0.4, -0.2) is 36.9 Å². The van der Waals surface area contributed by atoms with E-state index in [-0.39, 0.29) is 23.8 Å². The quantitative estimate of drug-likeness (QED) is 0.671. The number of anilines is 1. The van der Waals surface area contributed by atoms with Gasteiger partial charge in [-0.15, -0.1) is 0 Å². The van der Waals surface area contributed by atoms with Gasteiger partial charge in [-0.1, -0.05) is 41.4 Å². The van der Waals surface area contributed by atoms with E-state index in [4.69, 9.17) is 23.2 Å². The SMILES string of the molecule is Cc1cc(CC(=O)NC2CN(c3ccc(C4CCC(=O)NC4=O)c(Cl)c3)C2)ccc1Cl. The molecule has 0 aliphatic carbocycles. The van der Waals surface area contributed by atoms with E-state index in [1.807, 2.05) is 43.3 Å². The molecule has 0 radical (unpaired) electrons. The number of nitrogens with one attached hydrogen (secondary N) is 2. The number of halogens is 2. The van der Waals surface area contributed by atoms with E-state index in [2.05, 4.69) is 15.5 Å². The highest BCUT2D eigenvalue weighted by Gasteiger charge is 2.31. The molecular weight excluding hydrogens is 437 g/mol. The first-order chi connectivity index (χ1) is 14.8. The monoisotopic (exact) mass is 459 g/mol. The summed E-state index contributed by atoms with van der Waals surface area (Å²) >= 11 is 12.5. The fourth-order valence-corrected chi connectivity index (χ4v) is 4.47. The molecule has 8 heteroatoms. The van der Waals surface area contributed by atoms with E-state index in [0.29, 0.717) is 42.4 Å². The van der Waals surface area contributed by atoms with Crippen LogP contribution in [0.1, 0.15) is 35.4 Å². The number of piperidine rings is 1. The Labute approximate surface area is 190 Å². The Morgan fingerprint density at radius 1 is 1.13 bits per heavy atom. The molecule has 4 rings (SSSR count). The van der Waals surface area contributed by atoms with Gasteiger partial charge in [0.05, 0.1) is 18.4 Å². The lowest BCUT2D eigenvalue weighted by molar-refractivity contribution is -0.134. The van der Waals surface area contributed by atoms with Crippen LogP contribution in [0, 0.1) is 6.92 Å². The second kappa shape index (κ2) is 8.89. The maximum atomic E-state index is 12.3. The Hall–Kier alpha value is -2.57. The highest BCUT2D eigenvalue weighted by molar-refractivity contribution is 6.32. The highest BCUT2D eigenvalue weighted by atomic mass is 35.5. The van der Waals surface area contributed by atoms with E-state index in [1.54, 1.807) is 0 Å². The van der Waals surface area contributed by atoms with Crippen molar-refractivity contribution >= 4 is 46.6 Å². The van der Waals surface area contributed by atoms with Gasteiger partial charge in [0, 0.05) is 35.2 Å². The van der Waals surface area contributed by atoms with Gasteiger partial charge in [0.1, 0.15) is 0 Å². The molecule has 3 amide bonds. The summed E-state index contributed by atoms with van der Waals surface area (Å²) in [5.41, 5.74) is 3.57. The third-order valence-corrected chi connectivity index (χ3v) is 6.55. The average Bonchev–Trinajstić information content (AvgIpc) is 2.68. The van der Waals surface area contributed by atoms with E-state index in [9.17, 15) is 14.4 Å². The van der Waals surface area contributed by atoms with Gasteiger partial charge in [-0.2, -0.15) is 0 Å². The summed E-state index contributed by atoms with van der Waals surface area (Å²) in [4.78, 5) is 37.9. The van der Waals surface area contributed by atoms with Crippen molar-refractivity contribution in [2.75, 3.05) is 18.0 Å². The van der Waals surface area contributed by atoms with Gasteiger partial charge >= 0.3 is 0 Å². The predicted octanol–water partition coefficient (Wildman–Crippen LogP) is 3.37. The van der Waals surface area contributed by atoms with Crippen LogP contribution < -0.4 is 15.5 Å². The summed E-state index contributed by atoms with van der Waals surface area (Å²) in [5, 5.41) is 6.63. The smallest absolute Gasteiger partial charge is 0.234 e. The fourth-order valence-electron chi connectivity index (χ4n) is 4.05. The lowest BCUT2D eigenvalue weighted by Crippen LogP contribution is -2.59. The topological polar surface area (TPSA) is 78.5 Å². The first-order valence-corrected chi connectivity index (χ1v) is 11.0. The number of nitrogens with zero attached hydrogens (tertiary/aromatic N) is 1. The average molecular weight is 460 g/mol. The Morgan fingerprint density at radius 3 is 2.58 bits per heavy atom. The number of benzene rings is 2. The lowest BCUT2D eigenvalue weighted by Gasteiger charge is -2.41. The molecule has 2 fully saturated rings. The molecule has 2 saturated heterocycles. The minimum absolute atomic E-state index is 0.0161. The minimum Gasteiger partial charge on any atom is -0.367 e. The van der Waals surface area contributed by atoms with Crippen LogP contribution in [0.25, 0.3) is 0 Å². The number of imide groups is 1. The van der Waals surface area contributed by atoms with E-state index in [1.165, 1.54) is 0 Å². The van der Waals surface area contributed by atoms with Crippen LogP contribution in [0.3, 0.4) is 0 Å². The third kappa shape index (κ3) is 4.86. The number of carbonyl (C=O) groups excluding carboxylic acids is 3. The maximum Gasteiger partial charge on any atom is 0.234 e. The van der Waals surface area contributed by atoms with Gasteiger partial charge < -0.3 is 10.2 Å². The molecule has 1 atom stereocenters. The van der Waals surface area contributed by atoms with Crippen LogP contribution in [-0.2, 0) is 20.8 Å². The van der Waals surface area contributed by atoms with Crippen LogP contribution in [0.15, 0.2) is 36.4 Å². The molecule has 2 aromatic rings. The van der Waals surface area contributed by atoms with Gasteiger partial charge in [0.25, 0.3) is 0 Å². The molecule has 0 saturated carbocycles. The second-order valence-electron chi connectivity index (χ2n) is 8.14. The summed E-state index contributed by atoms with van der Waals surface area (Å²) in [6.07, 6.45) is 1.10. The standard InChI is InChI=1S/C23H23Cl2N3O3/c1-13-8-14(2-6-19(13)24)9-22(30)26-15-11-28(12-15)16-3-4-17(20(25)10-16)18-5-7-21(29)27-23(18)31/h2-4,6,8,10,15,18H,5,7,9,11-12H2,1H3,(H,26,30)(H,27,29,31). The summed E-state index contributed by atoms with van der Waals surface area (Å²) in [6, 6.07) is 11.3. The summed E-state index contributed by atoms with van der Waals surface area (Å²) in [5.74, 6) is -0.959. The van der Waals surface area contributed by atoms with E-state index >= 15 is 0 Å². The Bertz CT molecular complexity index is 1050. The lowest BCUT2D eigenvalue weighted by atomic mass is 9.90. The van der Waals surface area contributed by atoms with Gasteiger partial charge in [-0.25, -0.2) is 0 Å². The van der Waals surface area contributed by atoms with Crippen molar-refractivity contribution in [3.05, 3.63) is 63.1 Å².